The topological polar surface area (TPSA) is 68.8 Å². The van der Waals surface area contributed by atoms with Crippen molar-refractivity contribution in [2.75, 3.05) is 41.0 Å². The monoisotopic (exact) mass is 308 g/mol. The van der Waals surface area contributed by atoms with E-state index in [-0.39, 0.29) is 11.8 Å². The molecule has 1 fully saturated rings. The van der Waals surface area contributed by atoms with Gasteiger partial charge < -0.3 is 24.8 Å². The Morgan fingerprint density at radius 2 is 2.00 bits per heavy atom. The van der Waals surface area contributed by atoms with Gasteiger partial charge in [0.05, 0.1) is 27.2 Å². The van der Waals surface area contributed by atoms with Crippen LogP contribution in [-0.4, -0.2) is 46.9 Å². The molecule has 0 aliphatic carbocycles. The number of methoxy groups -OCH3 is 3. The molecule has 22 heavy (non-hydrogen) atoms. The minimum atomic E-state index is 0.0901. The molecule has 6 heteroatoms. The molecule has 1 saturated heterocycles. The molecule has 6 nitrogen and oxygen atoms in total. The number of benzene rings is 1. The third kappa shape index (κ3) is 3.62. The van der Waals surface area contributed by atoms with Crippen LogP contribution >= 0.6 is 0 Å². The lowest BCUT2D eigenvalue weighted by Gasteiger charge is -2.16. The maximum atomic E-state index is 12.0. The molecule has 1 unspecified atom stereocenters. The van der Waals surface area contributed by atoms with E-state index in [1.165, 1.54) is 0 Å². The van der Waals surface area contributed by atoms with Crippen LogP contribution in [0.5, 0.6) is 17.2 Å². The SMILES string of the molecule is COc1ccc(CCNC(=O)C2CCNC2)c(OC)c1OC. The van der Waals surface area contributed by atoms with E-state index in [0.29, 0.717) is 30.2 Å². The van der Waals surface area contributed by atoms with Crippen LogP contribution in [0.3, 0.4) is 0 Å². The van der Waals surface area contributed by atoms with Gasteiger partial charge in [0.15, 0.2) is 11.5 Å². The minimum absolute atomic E-state index is 0.0901. The van der Waals surface area contributed by atoms with Gasteiger partial charge in [0.1, 0.15) is 0 Å². The molecule has 1 atom stereocenters. The lowest BCUT2D eigenvalue weighted by Crippen LogP contribution is -2.33. The first-order valence-corrected chi connectivity index (χ1v) is 7.47. The van der Waals surface area contributed by atoms with Crippen molar-refractivity contribution in [1.82, 2.24) is 10.6 Å². The van der Waals surface area contributed by atoms with E-state index in [2.05, 4.69) is 10.6 Å². The zero-order valence-electron chi connectivity index (χ0n) is 13.4. The second-order valence-corrected chi connectivity index (χ2v) is 5.22. The van der Waals surface area contributed by atoms with E-state index in [4.69, 9.17) is 14.2 Å². The Morgan fingerprint density at radius 3 is 2.59 bits per heavy atom. The van der Waals surface area contributed by atoms with Crippen molar-refractivity contribution in [1.29, 1.82) is 0 Å². The predicted octanol–water partition coefficient (Wildman–Crippen LogP) is 0.981. The van der Waals surface area contributed by atoms with Gasteiger partial charge >= 0.3 is 0 Å². The number of hydrogen-bond acceptors (Lipinski definition) is 5. The lowest BCUT2D eigenvalue weighted by atomic mass is 10.1. The van der Waals surface area contributed by atoms with Crippen LogP contribution in [0.2, 0.25) is 0 Å². The van der Waals surface area contributed by atoms with E-state index < -0.39 is 0 Å². The normalized spacial score (nSPS) is 17.1. The van der Waals surface area contributed by atoms with Crippen LogP contribution in [0.15, 0.2) is 12.1 Å². The maximum Gasteiger partial charge on any atom is 0.224 e. The van der Waals surface area contributed by atoms with Gasteiger partial charge in [-0.25, -0.2) is 0 Å². The maximum absolute atomic E-state index is 12.0. The van der Waals surface area contributed by atoms with E-state index in [0.717, 1.165) is 25.1 Å². The molecule has 0 bridgehead atoms. The molecule has 1 heterocycles. The van der Waals surface area contributed by atoms with Crippen molar-refractivity contribution in [3.63, 3.8) is 0 Å². The highest BCUT2D eigenvalue weighted by Gasteiger charge is 2.22. The molecular weight excluding hydrogens is 284 g/mol. The Balaban J connectivity index is 1.98. The summed E-state index contributed by atoms with van der Waals surface area (Å²) in [6.07, 6.45) is 1.58. The van der Waals surface area contributed by atoms with Crippen molar-refractivity contribution >= 4 is 5.91 Å². The molecule has 122 valence electrons. The molecule has 1 aliphatic rings. The van der Waals surface area contributed by atoms with Crippen LogP contribution < -0.4 is 24.8 Å². The van der Waals surface area contributed by atoms with Crippen molar-refractivity contribution in [3.8, 4) is 17.2 Å². The fourth-order valence-electron chi connectivity index (χ4n) is 2.70. The average Bonchev–Trinajstić information content (AvgIpc) is 3.08. The highest BCUT2D eigenvalue weighted by Crippen LogP contribution is 2.39. The van der Waals surface area contributed by atoms with Gasteiger partial charge in [0.25, 0.3) is 0 Å². The number of hydrogen-bond donors (Lipinski definition) is 2. The van der Waals surface area contributed by atoms with Gasteiger partial charge in [-0.1, -0.05) is 6.07 Å². The molecular formula is C16H24N2O4. The van der Waals surface area contributed by atoms with Crippen molar-refractivity contribution in [2.45, 2.75) is 12.8 Å². The van der Waals surface area contributed by atoms with Crippen LogP contribution in [0.25, 0.3) is 0 Å². The summed E-state index contributed by atoms with van der Waals surface area (Å²) < 4.78 is 16.1. The number of carbonyl (C=O) groups is 1. The first-order valence-electron chi connectivity index (χ1n) is 7.47. The standard InChI is InChI=1S/C16H24N2O4/c1-20-13-5-4-11(14(21-2)15(13)22-3)7-9-18-16(19)12-6-8-17-10-12/h4-5,12,17H,6-10H2,1-3H3,(H,18,19). The molecule has 2 rings (SSSR count). The van der Waals surface area contributed by atoms with E-state index in [9.17, 15) is 4.79 Å². The summed E-state index contributed by atoms with van der Waals surface area (Å²) >= 11 is 0. The Hall–Kier alpha value is -1.95. The van der Waals surface area contributed by atoms with Gasteiger partial charge in [-0.05, 0) is 25.5 Å². The molecule has 2 N–H and O–H groups in total. The van der Waals surface area contributed by atoms with Crippen LogP contribution in [0.4, 0.5) is 0 Å². The summed E-state index contributed by atoms with van der Waals surface area (Å²) in [5, 5.41) is 6.18. The fraction of sp³-hybridized carbons (Fsp3) is 0.562. The average molecular weight is 308 g/mol. The van der Waals surface area contributed by atoms with E-state index >= 15 is 0 Å². The Labute approximate surface area is 131 Å². The highest BCUT2D eigenvalue weighted by atomic mass is 16.5. The Morgan fingerprint density at radius 1 is 1.23 bits per heavy atom. The zero-order valence-corrected chi connectivity index (χ0v) is 13.4. The van der Waals surface area contributed by atoms with Gasteiger partial charge in [-0.3, -0.25) is 4.79 Å². The number of amides is 1. The lowest BCUT2D eigenvalue weighted by molar-refractivity contribution is -0.124. The van der Waals surface area contributed by atoms with Crippen molar-refractivity contribution in [3.05, 3.63) is 17.7 Å². The first-order chi connectivity index (χ1) is 10.7. The smallest absolute Gasteiger partial charge is 0.224 e. The minimum Gasteiger partial charge on any atom is -0.493 e. The molecule has 1 amide bonds. The molecule has 1 aromatic rings. The number of ether oxygens (including phenoxy) is 3. The quantitative estimate of drug-likeness (QED) is 0.786. The summed E-state index contributed by atoms with van der Waals surface area (Å²) in [6.45, 7) is 2.26. The molecule has 1 aromatic carbocycles. The summed E-state index contributed by atoms with van der Waals surface area (Å²) in [5.41, 5.74) is 0.977. The van der Waals surface area contributed by atoms with Crippen molar-refractivity contribution in [2.24, 2.45) is 5.92 Å². The van der Waals surface area contributed by atoms with E-state index in [1.807, 2.05) is 12.1 Å². The summed E-state index contributed by atoms with van der Waals surface area (Å²) in [6, 6.07) is 3.78. The number of nitrogens with one attached hydrogen (secondary N) is 2. The van der Waals surface area contributed by atoms with Crippen molar-refractivity contribution < 1.29 is 19.0 Å². The summed E-state index contributed by atoms with van der Waals surface area (Å²) in [7, 11) is 4.77. The van der Waals surface area contributed by atoms with Crippen LogP contribution in [0, 0.1) is 5.92 Å². The molecule has 0 radical (unpaired) electrons. The van der Waals surface area contributed by atoms with Crippen LogP contribution in [0.1, 0.15) is 12.0 Å². The Bertz CT molecular complexity index is 513. The summed E-state index contributed by atoms with van der Waals surface area (Å²) in [4.78, 5) is 12.0. The van der Waals surface area contributed by atoms with Gasteiger partial charge in [-0.2, -0.15) is 0 Å². The van der Waals surface area contributed by atoms with Gasteiger partial charge in [0.2, 0.25) is 11.7 Å². The predicted molar refractivity (Wildman–Crippen MR) is 83.8 cm³/mol. The first kappa shape index (κ1) is 16.4. The molecule has 0 spiro atoms. The molecule has 0 aromatic heterocycles. The van der Waals surface area contributed by atoms with Gasteiger partial charge in [-0.15, -0.1) is 0 Å². The second-order valence-electron chi connectivity index (χ2n) is 5.22. The largest absolute Gasteiger partial charge is 0.493 e. The molecule has 0 saturated carbocycles. The number of carbonyl (C=O) groups excluding carboxylic acids is 1. The van der Waals surface area contributed by atoms with E-state index in [1.54, 1.807) is 21.3 Å². The number of rotatable bonds is 7. The fourth-order valence-corrected chi connectivity index (χ4v) is 2.70. The third-order valence-electron chi connectivity index (χ3n) is 3.91. The van der Waals surface area contributed by atoms with Crippen LogP contribution in [-0.2, 0) is 11.2 Å². The molecule has 1 aliphatic heterocycles. The highest BCUT2D eigenvalue weighted by molar-refractivity contribution is 5.79. The second kappa shape index (κ2) is 7.89. The Kier molecular flexibility index (Phi) is 5.89. The summed E-state index contributed by atoms with van der Waals surface area (Å²) in [5.74, 6) is 2.06. The zero-order chi connectivity index (χ0) is 15.9. The van der Waals surface area contributed by atoms with Gasteiger partial charge in [0, 0.05) is 18.7 Å². The third-order valence-corrected chi connectivity index (χ3v) is 3.91.